The van der Waals surface area contributed by atoms with E-state index in [0.29, 0.717) is 34.6 Å². The molecule has 0 amide bonds. The Hall–Kier alpha value is -5.31. The summed E-state index contributed by atoms with van der Waals surface area (Å²) in [4.78, 5) is 9.56. The molecule has 3 heterocycles. The number of aromatic nitrogens is 4. The highest BCUT2D eigenvalue weighted by Gasteiger charge is 2.35. The van der Waals surface area contributed by atoms with E-state index in [1.807, 2.05) is 60.7 Å². The van der Waals surface area contributed by atoms with Crippen molar-refractivity contribution in [2.24, 2.45) is 0 Å². The zero-order chi connectivity index (χ0) is 27.9. The van der Waals surface area contributed by atoms with Crippen molar-refractivity contribution in [2.75, 3.05) is 21.3 Å². The van der Waals surface area contributed by atoms with Crippen molar-refractivity contribution in [3.63, 3.8) is 0 Å². The number of ether oxygens (including phenoxy) is 5. The van der Waals surface area contributed by atoms with Gasteiger partial charge in [-0.3, -0.25) is 0 Å². The van der Waals surface area contributed by atoms with Gasteiger partial charge in [0.05, 0.1) is 26.9 Å². The van der Waals surface area contributed by atoms with Crippen LogP contribution in [0.25, 0.3) is 16.4 Å². The maximum Gasteiger partial charge on any atom is 0.228 e. The molecule has 0 spiro atoms. The maximum absolute atomic E-state index is 6.42. The number of benzene rings is 4. The van der Waals surface area contributed by atoms with Crippen LogP contribution in [-0.2, 0) is 6.61 Å². The van der Waals surface area contributed by atoms with E-state index in [1.54, 1.807) is 32.2 Å². The van der Waals surface area contributed by atoms with Crippen LogP contribution < -0.4 is 23.7 Å². The Balaban J connectivity index is 1.38. The SMILES string of the molecule is COc1ccc(OCc2nc3c4c(ncn3n2)Oc2ccc3ccccc3c2[C@@H]4c2ccc(OC)c(OC)c2)cc1. The number of methoxy groups -OCH3 is 3. The smallest absolute Gasteiger partial charge is 0.228 e. The molecule has 0 saturated carbocycles. The summed E-state index contributed by atoms with van der Waals surface area (Å²) in [7, 11) is 4.89. The highest BCUT2D eigenvalue weighted by atomic mass is 16.5. The van der Waals surface area contributed by atoms with Crippen molar-refractivity contribution < 1.29 is 23.7 Å². The van der Waals surface area contributed by atoms with Crippen molar-refractivity contribution in [3.8, 4) is 34.6 Å². The van der Waals surface area contributed by atoms with Crippen LogP contribution >= 0.6 is 0 Å². The molecule has 6 aromatic rings. The molecule has 9 heteroatoms. The molecule has 4 aromatic carbocycles. The van der Waals surface area contributed by atoms with Crippen molar-refractivity contribution in [1.29, 1.82) is 0 Å². The molecule has 2 aromatic heterocycles. The number of rotatable bonds is 7. The second kappa shape index (κ2) is 10.0. The van der Waals surface area contributed by atoms with Gasteiger partial charge in [-0.2, -0.15) is 0 Å². The summed E-state index contributed by atoms with van der Waals surface area (Å²) in [6, 6.07) is 25.7. The van der Waals surface area contributed by atoms with Crippen molar-refractivity contribution in [2.45, 2.75) is 12.5 Å². The minimum Gasteiger partial charge on any atom is -0.497 e. The highest BCUT2D eigenvalue weighted by molar-refractivity contribution is 5.91. The molecule has 7 rings (SSSR count). The molecule has 0 unspecified atom stereocenters. The van der Waals surface area contributed by atoms with Crippen LogP contribution in [-0.4, -0.2) is 40.9 Å². The first-order valence-electron chi connectivity index (χ1n) is 13.1. The summed E-state index contributed by atoms with van der Waals surface area (Å²) in [5.74, 6) is 4.21. The molecule has 9 nitrogen and oxygen atoms in total. The van der Waals surface area contributed by atoms with Gasteiger partial charge in [-0.1, -0.05) is 36.4 Å². The van der Waals surface area contributed by atoms with Crippen LogP contribution in [0.3, 0.4) is 0 Å². The zero-order valence-electron chi connectivity index (χ0n) is 22.7. The van der Waals surface area contributed by atoms with Crippen LogP contribution in [0.1, 0.15) is 28.4 Å². The van der Waals surface area contributed by atoms with E-state index >= 15 is 0 Å². The van der Waals surface area contributed by atoms with E-state index in [1.165, 1.54) is 0 Å². The molecule has 0 saturated heterocycles. The third kappa shape index (κ3) is 4.22. The Morgan fingerprint density at radius 1 is 0.805 bits per heavy atom. The lowest BCUT2D eigenvalue weighted by molar-refractivity contribution is 0.295. The van der Waals surface area contributed by atoms with Crippen LogP contribution in [0.4, 0.5) is 0 Å². The minimum absolute atomic E-state index is 0.185. The van der Waals surface area contributed by atoms with E-state index in [9.17, 15) is 0 Å². The van der Waals surface area contributed by atoms with Gasteiger partial charge in [-0.15, -0.1) is 5.10 Å². The fourth-order valence-corrected chi connectivity index (χ4v) is 5.40. The number of nitrogens with zero attached hydrogens (tertiary/aromatic N) is 4. The van der Waals surface area contributed by atoms with Gasteiger partial charge in [0.25, 0.3) is 0 Å². The van der Waals surface area contributed by atoms with Crippen molar-refractivity contribution in [1.82, 2.24) is 19.6 Å². The van der Waals surface area contributed by atoms with Gasteiger partial charge in [-0.05, 0) is 58.8 Å². The fourth-order valence-electron chi connectivity index (χ4n) is 5.40. The molecular weight excluding hydrogens is 520 g/mol. The lowest BCUT2D eigenvalue weighted by Gasteiger charge is -2.29. The first-order valence-corrected chi connectivity index (χ1v) is 13.1. The third-order valence-electron chi connectivity index (χ3n) is 7.31. The zero-order valence-corrected chi connectivity index (χ0v) is 22.7. The van der Waals surface area contributed by atoms with Gasteiger partial charge in [0.15, 0.2) is 23.0 Å². The molecule has 0 aliphatic carbocycles. The van der Waals surface area contributed by atoms with Crippen molar-refractivity contribution in [3.05, 3.63) is 108 Å². The molecule has 0 bridgehead atoms. The topological polar surface area (TPSA) is 89.2 Å². The quantitative estimate of drug-likeness (QED) is 0.235. The van der Waals surface area contributed by atoms with Gasteiger partial charge in [-0.25, -0.2) is 14.5 Å². The molecule has 1 atom stereocenters. The average Bonchev–Trinajstić information content (AvgIpc) is 3.46. The molecular formula is C32H26N4O5. The third-order valence-corrected chi connectivity index (χ3v) is 7.31. The lowest BCUT2D eigenvalue weighted by Crippen LogP contribution is -2.15. The monoisotopic (exact) mass is 546 g/mol. The predicted molar refractivity (Wildman–Crippen MR) is 153 cm³/mol. The Morgan fingerprint density at radius 3 is 2.41 bits per heavy atom. The lowest BCUT2D eigenvalue weighted by atomic mass is 9.81. The minimum atomic E-state index is -0.268. The summed E-state index contributed by atoms with van der Waals surface area (Å²) >= 11 is 0. The number of hydrogen-bond donors (Lipinski definition) is 0. The second-order valence-corrected chi connectivity index (χ2v) is 9.57. The maximum atomic E-state index is 6.42. The van der Waals surface area contributed by atoms with E-state index in [4.69, 9.17) is 28.7 Å². The molecule has 0 fully saturated rings. The van der Waals surface area contributed by atoms with Gasteiger partial charge >= 0.3 is 0 Å². The van der Waals surface area contributed by atoms with Gasteiger partial charge in [0.1, 0.15) is 30.2 Å². The Labute approximate surface area is 235 Å². The fraction of sp³-hybridized carbons (Fsp3) is 0.156. The van der Waals surface area contributed by atoms with E-state index in [0.717, 1.165) is 39.0 Å². The molecule has 41 heavy (non-hydrogen) atoms. The number of fused-ring (bicyclic) bond motifs is 6. The van der Waals surface area contributed by atoms with Gasteiger partial charge in [0.2, 0.25) is 5.88 Å². The van der Waals surface area contributed by atoms with Gasteiger partial charge < -0.3 is 23.7 Å². The second-order valence-electron chi connectivity index (χ2n) is 9.57. The molecule has 1 aliphatic heterocycles. The standard InChI is InChI=1S/C32H26N4O5/c1-37-21-10-12-22(13-11-21)40-17-27-34-31-30-28(20-9-14-24(38-2)26(16-20)39-3)29-23-7-5-4-6-19(23)8-15-25(29)41-32(30)33-18-36(31)35-27/h4-16,18,28H,17H2,1-3H3/t28-/m0/s1. The summed E-state index contributed by atoms with van der Waals surface area (Å²) in [6.07, 6.45) is 1.62. The number of hydrogen-bond acceptors (Lipinski definition) is 8. The van der Waals surface area contributed by atoms with Crippen LogP contribution in [0, 0.1) is 0 Å². The summed E-state index contributed by atoms with van der Waals surface area (Å²) in [6.45, 7) is 0.185. The Bertz CT molecular complexity index is 1900. The Kier molecular flexibility index (Phi) is 6.04. The molecule has 1 aliphatic rings. The average molecular weight is 547 g/mol. The highest BCUT2D eigenvalue weighted by Crippen LogP contribution is 2.51. The molecule has 0 radical (unpaired) electrons. The first-order chi connectivity index (χ1) is 20.2. The van der Waals surface area contributed by atoms with Crippen LogP contribution in [0.2, 0.25) is 0 Å². The Morgan fingerprint density at radius 2 is 1.61 bits per heavy atom. The van der Waals surface area contributed by atoms with E-state index in [-0.39, 0.29) is 12.5 Å². The normalized spacial score (nSPS) is 13.8. The van der Waals surface area contributed by atoms with E-state index in [2.05, 4.69) is 28.3 Å². The van der Waals surface area contributed by atoms with Gasteiger partial charge in [0, 0.05) is 11.5 Å². The summed E-state index contributed by atoms with van der Waals surface area (Å²) in [5.41, 5.74) is 3.46. The largest absolute Gasteiger partial charge is 0.497 e. The van der Waals surface area contributed by atoms with Crippen LogP contribution in [0.15, 0.2) is 85.2 Å². The molecule has 0 N–H and O–H groups in total. The first kappa shape index (κ1) is 24.7. The van der Waals surface area contributed by atoms with E-state index < -0.39 is 0 Å². The van der Waals surface area contributed by atoms with Crippen LogP contribution in [0.5, 0.6) is 34.6 Å². The predicted octanol–water partition coefficient (Wildman–Crippen LogP) is 6.17. The summed E-state index contributed by atoms with van der Waals surface area (Å²) in [5, 5.41) is 6.86. The summed E-state index contributed by atoms with van der Waals surface area (Å²) < 4.78 is 30.5. The molecule has 204 valence electrons. The van der Waals surface area contributed by atoms with Crippen molar-refractivity contribution >= 4 is 16.4 Å².